The van der Waals surface area contributed by atoms with Crippen molar-refractivity contribution in [2.45, 2.75) is 44.2 Å². The highest BCUT2D eigenvalue weighted by Crippen LogP contribution is 2.35. The minimum atomic E-state index is -0.499. The molecule has 37 heavy (non-hydrogen) atoms. The molecule has 2 amide bonds. The van der Waals surface area contributed by atoms with Crippen LogP contribution in [-0.4, -0.2) is 47.3 Å². The standard InChI is InChI=1S/C31H34FN3O2/c1-21(33)25-8-5-9-26(17-25)30(36)35-20-27(24-6-3-2-4-7-24)18-29(35)31(37)34-15-14-23(19-34)16-22-10-12-28(32)13-11-22/h2-13,17,21,23,27,29H,14-16,18-20,33H2,1H3. The average Bonchev–Trinajstić information content (AvgIpc) is 3.58. The maximum absolute atomic E-state index is 13.9. The summed E-state index contributed by atoms with van der Waals surface area (Å²) < 4.78 is 13.3. The summed E-state index contributed by atoms with van der Waals surface area (Å²) in [6, 6.07) is 23.5. The Balaban J connectivity index is 1.34. The van der Waals surface area contributed by atoms with E-state index >= 15 is 0 Å². The Morgan fingerprint density at radius 2 is 1.76 bits per heavy atom. The molecule has 3 aromatic rings. The molecular weight excluding hydrogens is 465 g/mol. The third-order valence-electron chi connectivity index (χ3n) is 7.81. The van der Waals surface area contributed by atoms with E-state index in [1.165, 1.54) is 12.1 Å². The number of rotatable bonds is 6. The van der Waals surface area contributed by atoms with Crippen molar-refractivity contribution in [1.82, 2.24) is 9.80 Å². The summed E-state index contributed by atoms with van der Waals surface area (Å²) in [6.45, 7) is 3.74. The Bertz CT molecular complexity index is 1240. The van der Waals surface area contributed by atoms with Crippen LogP contribution in [0.2, 0.25) is 0 Å². The van der Waals surface area contributed by atoms with Crippen LogP contribution in [0.25, 0.3) is 0 Å². The topological polar surface area (TPSA) is 66.6 Å². The lowest BCUT2D eigenvalue weighted by Crippen LogP contribution is -2.47. The molecule has 5 nitrogen and oxygen atoms in total. The number of hydrogen-bond donors (Lipinski definition) is 1. The fourth-order valence-corrected chi connectivity index (χ4v) is 5.75. The van der Waals surface area contributed by atoms with Gasteiger partial charge in [-0.2, -0.15) is 0 Å². The molecule has 0 aliphatic carbocycles. The van der Waals surface area contributed by atoms with Crippen molar-refractivity contribution in [1.29, 1.82) is 0 Å². The van der Waals surface area contributed by atoms with Gasteiger partial charge < -0.3 is 15.5 Å². The molecule has 0 radical (unpaired) electrons. The summed E-state index contributed by atoms with van der Waals surface area (Å²) in [5, 5.41) is 0. The summed E-state index contributed by atoms with van der Waals surface area (Å²) in [7, 11) is 0. The molecule has 4 atom stereocenters. The predicted molar refractivity (Wildman–Crippen MR) is 142 cm³/mol. The molecule has 2 aliphatic heterocycles. The summed E-state index contributed by atoms with van der Waals surface area (Å²) in [4.78, 5) is 31.3. The molecule has 0 bridgehead atoms. The first-order valence-corrected chi connectivity index (χ1v) is 13.1. The van der Waals surface area contributed by atoms with Gasteiger partial charge in [-0.15, -0.1) is 0 Å². The van der Waals surface area contributed by atoms with Gasteiger partial charge in [-0.25, -0.2) is 4.39 Å². The molecule has 0 spiro atoms. The van der Waals surface area contributed by atoms with Gasteiger partial charge in [0.2, 0.25) is 5.91 Å². The van der Waals surface area contributed by atoms with Crippen LogP contribution in [0.15, 0.2) is 78.9 Å². The van der Waals surface area contributed by atoms with Crippen LogP contribution < -0.4 is 5.73 Å². The highest BCUT2D eigenvalue weighted by molar-refractivity contribution is 5.98. The fourth-order valence-electron chi connectivity index (χ4n) is 5.75. The maximum atomic E-state index is 13.9. The van der Waals surface area contributed by atoms with Crippen LogP contribution in [0.1, 0.15) is 58.8 Å². The number of carbonyl (C=O) groups excluding carboxylic acids is 2. The van der Waals surface area contributed by atoms with Gasteiger partial charge in [0.1, 0.15) is 11.9 Å². The molecule has 0 aromatic heterocycles. The summed E-state index contributed by atoms with van der Waals surface area (Å²) in [5.41, 5.74) is 9.76. The molecule has 0 saturated carbocycles. The molecule has 192 valence electrons. The van der Waals surface area contributed by atoms with E-state index in [1.807, 2.05) is 60.4 Å². The smallest absolute Gasteiger partial charge is 0.254 e. The molecule has 5 rings (SSSR count). The van der Waals surface area contributed by atoms with Crippen LogP contribution >= 0.6 is 0 Å². The van der Waals surface area contributed by atoms with E-state index in [2.05, 4.69) is 12.1 Å². The summed E-state index contributed by atoms with van der Waals surface area (Å²) in [5.74, 6) is 0.0939. The maximum Gasteiger partial charge on any atom is 0.254 e. The number of hydrogen-bond acceptors (Lipinski definition) is 3. The van der Waals surface area contributed by atoms with Crippen LogP contribution in [0.5, 0.6) is 0 Å². The lowest BCUT2D eigenvalue weighted by atomic mass is 9.96. The monoisotopic (exact) mass is 499 g/mol. The SMILES string of the molecule is CC(N)c1cccc(C(=O)N2CC(c3ccccc3)CC2C(=O)N2CCC(Cc3ccc(F)cc3)C2)c1. The third-order valence-corrected chi connectivity index (χ3v) is 7.81. The van der Waals surface area contributed by atoms with Crippen molar-refractivity contribution in [2.24, 2.45) is 11.7 Å². The highest BCUT2D eigenvalue weighted by atomic mass is 19.1. The highest BCUT2D eigenvalue weighted by Gasteiger charge is 2.43. The second-order valence-corrected chi connectivity index (χ2v) is 10.5. The number of benzene rings is 3. The van der Waals surface area contributed by atoms with Crippen LogP contribution in [-0.2, 0) is 11.2 Å². The zero-order valence-electron chi connectivity index (χ0n) is 21.2. The minimum Gasteiger partial charge on any atom is -0.341 e. The van der Waals surface area contributed by atoms with Gasteiger partial charge in [0, 0.05) is 37.2 Å². The van der Waals surface area contributed by atoms with Crippen LogP contribution in [0.4, 0.5) is 4.39 Å². The van der Waals surface area contributed by atoms with Crippen molar-refractivity contribution in [3.05, 3.63) is 107 Å². The molecule has 3 aromatic carbocycles. The van der Waals surface area contributed by atoms with Gasteiger partial charge in [0.15, 0.2) is 0 Å². The number of carbonyl (C=O) groups is 2. The zero-order valence-corrected chi connectivity index (χ0v) is 21.2. The minimum absolute atomic E-state index is 0.0248. The number of nitrogens with two attached hydrogens (primary N) is 1. The van der Waals surface area contributed by atoms with E-state index in [0.29, 0.717) is 37.5 Å². The van der Waals surface area contributed by atoms with E-state index in [0.717, 1.165) is 29.5 Å². The molecule has 2 aliphatic rings. The first kappa shape index (κ1) is 25.2. The van der Waals surface area contributed by atoms with E-state index in [4.69, 9.17) is 5.73 Å². The average molecular weight is 500 g/mol. The number of halogens is 1. The number of nitrogens with zero attached hydrogens (tertiary/aromatic N) is 2. The van der Waals surface area contributed by atoms with E-state index < -0.39 is 6.04 Å². The molecule has 2 N–H and O–H groups in total. The Labute approximate surface area is 218 Å². The van der Waals surface area contributed by atoms with E-state index in [-0.39, 0.29) is 29.6 Å². The lowest BCUT2D eigenvalue weighted by Gasteiger charge is -2.28. The predicted octanol–water partition coefficient (Wildman–Crippen LogP) is 4.93. The fraction of sp³-hybridized carbons (Fsp3) is 0.355. The molecular formula is C31H34FN3O2. The Kier molecular flexibility index (Phi) is 7.38. The number of amides is 2. The summed E-state index contributed by atoms with van der Waals surface area (Å²) >= 11 is 0. The van der Waals surface area contributed by atoms with Crippen molar-refractivity contribution in [3.8, 4) is 0 Å². The van der Waals surface area contributed by atoms with E-state index in [1.54, 1.807) is 11.0 Å². The number of likely N-dealkylation sites (tertiary alicyclic amines) is 2. The molecule has 6 heteroatoms. The third kappa shape index (κ3) is 5.59. The van der Waals surface area contributed by atoms with E-state index in [9.17, 15) is 14.0 Å². The Morgan fingerprint density at radius 3 is 2.49 bits per heavy atom. The molecule has 2 saturated heterocycles. The largest absolute Gasteiger partial charge is 0.341 e. The molecule has 2 fully saturated rings. The first-order valence-electron chi connectivity index (χ1n) is 13.1. The van der Waals surface area contributed by atoms with Gasteiger partial charge in [-0.3, -0.25) is 9.59 Å². The van der Waals surface area contributed by atoms with Crippen molar-refractivity contribution in [3.63, 3.8) is 0 Å². The van der Waals surface area contributed by atoms with Crippen molar-refractivity contribution >= 4 is 11.8 Å². The van der Waals surface area contributed by atoms with Crippen molar-refractivity contribution < 1.29 is 14.0 Å². The van der Waals surface area contributed by atoms with Crippen LogP contribution in [0, 0.1) is 11.7 Å². The Morgan fingerprint density at radius 1 is 1.00 bits per heavy atom. The summed E-state index contributed by atoms with van der Waals surface area (Å²) in [6.07, 6.45) is 2.33. The van der Waals surface area contributed by atoms with Gasteiger partial charge in [0.05, 0.1) is 0 Å². The van der Waals surface area contributed by atoms with Gasteiger partial charge in [-0.05, 0) is 73.1 Å². The quantitative estimate of drug-likeness (QED) is 0.523. The van der Waals surface area contributed by atoms with Gasteiger partial charge in [0.25, 0.3) is 5.91 Å². The normalized spacial score (nSPS) is 22.3. The Hall–Kier alpha value is -3.51. The zero-order chi connectivity index (χ0) is 25.9. The van der Waals surface area contributed by atoms with Crippen molar-refractivity contribution in [2.75, 3.05) is 19.6 Å². The molecule has 2 heterocycles. The second kappa shape index (κ2) is 10.9. The van der Waals surface area contributed by atoms with Crippen LogP contribution in [0.3, 0.4) is 0 Å². The second-order valence-electron chi connectivity index (χ2n) is 10.5. The van der Waals surface area contributed by atoms with Gasteiger partial charge >= 0.3 is 0 Å². The first-order chi connectivity index (χ1) is 17.9. The molecule has 4 unspecified atom stereocenters. The van der Waals surface area contributed by atoms with Gasteiger partial charge in [-0.1, -0.05) is 54.6 Å². The lowest BCUT2D eigenvalue weighted by molar-refractivity contribution is -0.134.